The van der Waals surface area contributed by atoms with Crippen molar-refractivity contribution < 1.29 is 14.3 Å². The maximum atomic E-state index is 12.3. The molecule has 5 N–H and O–H groups in total. The largest absolute Gasteiger partial charge is 0.376 e. The molecule has 27 heavy (non-hydrogen) atoms. The Hall–Kier alpha value is -2.90. The Bertz CT molecular complexity index is 759. The smallest absolute Gasteiger partial charge is 0.319 e. The fourth-order valence-electron chi connectivity index (χ4n) is 2.86. The summed E-state index contributed by atoms with van der Waals surface area (Å²) >= 11 is 0. The second-order valence-corrected chi connectivity index (χ2v) is 6.43. The highest BCUT2D eigenvalue weighted by atomic mass is 16.5. The molecule has 2 unspecified atom stereocenters. The van der Waals surface area contributed by atoms with Gasteiger partial charge >= 0.3 is 6.03 Å². The number of ether oxygens (including phenoxy) is 1. The van der Waals surface area contributed by atoms with Crippen molar-refractivity contribution in [2.45, 2.75) is 25.0 Å². The van der Waals surface area contributed by atoms with Crippen LogP contribution in [0.4, 0.5) is 16.2 Å². The number of carbonyl (C=O) groups excluding carboxylic acids is 2. The number of anilines is 2. The van der Waals surface area contributed by atoms with Crippen LogP contribution in [0.15, 0.2) is 54.6 Å². The van der Waals surface area contributed by atoms with E-state index in [1.54, 1.807) is 24.3 Å². The van der Waals surface area contributed by atoms with E-state index in [0.717, 1.165) is 25.0 Å². The Kier molecular flexibility index (Phi) is 6.40. The Balaban J connectivity index is 1.48. The van der Waals surface area contributed by atoms with Crippen LogP contribution in [-0.2, 0) is 9.53 Å². The molecule has 0 aromatic heterocycles. The van der Waals surface area contributed by atoms with Crippen LogP contribution >= 0.6 is 0 Å². The number of rotatable bonds is 6. The van der Waals surface area contributed by atoms with E-state index in [1.165, 1.54) is 0 Å². The van der Waals surface area contributed by atoms with E-state index in [-0.39, 0.29) is 18.0 Å². The zero-order valence-electron chi connectivity index (χ0n) is 15.0. The van der Waals surface area contributed by atoms with Crippen LogP contribution in [0, 0.1) is 0 Å². The molecule has 7 nitrogen and oxygen atoms in total. The predicted octanol–water partition coefficient (Wildman–Crippen LogP) is 2.63. The van der Waals surface area contributed by atoms with Crippen molar-refractivity contribution >= 4 is 23.3 Å². The third-order valence-corrected chi connectivity index (χ3v) is 4.37. The molecule has 1 fully saturated rings. The SMILES string of the molecule is NC(C(=O)Nc1ccc(NC(=O)NCC2CCCO2)cc1)c1ccccc1. The first-order valence-corrected chi connectivity index (χ1v) is 9.00. The molecular formula is C20H24N4O3. The van der Waals surface area contributed by atoms with E-state index < -0.39 is 6.04 Å². The fourth-order valence-corrected chi connectivity index (χ4v) is 2.86. The van der Waals surface area contributed by atoms with Gasteiger partial charge in [0.1, 0.15) is 6.04 Å². The lowest BCUT2D eigenvalue weighted by Gasteiger charge is -2.14. The van der Waals surface area contributed by atoms with Gasteiger partial charge in [-0.05, 0) is 42.7 Å². The Morgan fingerprint density at radius 2 is 1.70 bits per heavy atom. The van der Waals surface area contributed by atoms with Gasteiger partial charge in [0.15, 0.2) is 0 Å². The summed E-state index contributed by atoms with van der Waals surface area (Å²) in [6.45, 7) is 1.26. The summed E-state index contributed by atoms with van der Waals surface area (Å²) < 4.78 is 5.46. The lowest BCUT2D eigenvalue weighted by molar-refractivity contribution is -0.117. The maximum absolute atomic E-state index is 12.3. The van der Waals surface area contributed by atoms with E-state index in [2.05, 4.69) is 16.0 Å². The van der Waals surface area contributed by atoms with Crippen LogP contribution in [0.2, 0.25) is 0 Å². The van der Waals surface area contributed by atoms with Crippen molar-refractivity contribution in [2.24, 2.45) is 5.73 Å². The number of amides is 3. The summed E-state index contributed by atoms with van der Waals surface area (Å²) in [5.41, 5.74) is 7.96. The van der Waals surface area contributed by atoms with Crippen LogP contribution in [-0.4, -0.2) is 31.2 Å². The van der Waals surface area contributed by atoms with E-state index in [1.807, 2.05) is 30.3 Å². The molecule has 3 rings (SSSR count). The third-order valence-electron chi connectivity index (χ3n) is 4.37. The summed E-state index contributed by atoms with van der Waals surface area (Å²) in [6, 6.07) is 15.0. The van der Waals surface area contributed by atoms with Gasteiger partial charge in [0.05, 0.1) is 6.10 Å². The summed E-state index contributed by atoms with van der Waals surface area (Å²) in [7, 11) is 0. The molecule has 142 valence electrons. The van der Waals surface area contributed by atoms with E-state index in [9.17, 15) is 9.59 Å². The Morgan fingerprint density at radius 1 is 1.04 bits per heavy atom. The van der Waals surface area contributed by atoms with Gasteiger partial charge in [-0.25, -0.2) is 4.79 Å². The van der Waals surface area contributed by atoms with Gasteiger partial charge in [-0.1, -0.05) is 30.3 Å². The standard InChI is InChI=1S/C20H24N4O3/c21-18(14-5-2-1-3-6-14)19(25)23-15-8-10-16(11-9-15)24-20(26)22-13-17-7-4-12-27-17/h1-3,5-6,8-11,17-18H,4,7,12-13,21H2,(H,23,25)(H2,22,24,26). The van der Waals surface area contributed by atoms with E-state index in [0.29, 0.717) is 17.9 Å². The topological polar surface area (TPSA) is 105 Å². The van der Waals surface area contributed by atoms with Crippen molar-refractivity contribution in [2.75, 3.05) is 23.8 Å². The third kappa shape index (κ3) is 5.54. The van der Waals surface area contributed by atoms with Crippen molar-refractivity contribution in [3.05, 3.63) is 60.2 Å². The number of carbonyl (C=O) groups is 2. The van der Waals surface area contributed by atoms with Crippen LogP contribution in [0.1, 0.15) is 24.4 Å². The lowest BCUT2D eigenvalue weighted by Crippen LogP contribution is -2.35. The van der Waals surface area contributed by atoms with Gasteiger partial charge in [-0.3, -0.25) is 4.79 Å². The molecule has 1 heterocycles. The van der Waals surface area contributed by atoms with Crippen LogP contribution < -0.4 is 21.7 Å². The molecule has 0 aliphatic carbocycles. The first-order chi connectivity index (χ1) is 13.1. The fraction of sp³-hybridized carbons (Fsp3) is 0.300. The molecule has 1 saturated heterocycles. The molecule has 3 amide bonds. The first kappa shape index (κ1) is 18.9. The predicted molar refractivity (Wildman–Crippen MR) is 104 cm³/mol. The number of nitrogens with one attached hydrogen (secondary N) is 3. The van der Waals surface area contributed by atoms with Gasteiger partial charge in [-0.2, -0.15) is 0 Å². The molecule has 0 bridgehead atoms. The highest BCUT2D eigenvalue weighted by Gasteiger charge is 2.17. The number of benzene rings is 2. The van der Waals surface area contributed by atoms with Crippen LogP contribution in [0.25, 0.3) is 0 Å². The molecule has 2 atom stereocenters. The normalized spacial score (nSPS) is 17.1. The molecule has 2 aromatic carbocycles. The summed E-state index contributed by atoms with van der Waals surface area (Å²) in [5, 5.41) is 8.32. The molecule has 0 radical (unpaired) electrons. The lowest BCUT2D eigenvalue weighted by atomic mass is 10.1. The number of urea groups is 1. The van der Waals surface area contributed by atoms with Crippen molar-refractivity contribution in [3.8, 4) is 0 Å². The zero-order valence-corrected chi connectivity index (χ0v) is 15.0. The van der Waals surface area contributed by atoms with Gasteiger partial charge in [0, 0.05) is 24.5 Å². The second-order valence-electron chi connectivity index (χ2n) is 6.43. The average molecular weight is 368 g/mol. The van der Waals surface area contributed by atoms with Crippen LogP contribution in [0.5, 0.6) is 0 Å². The van der Waals surface area contributed by atoms with Crippen molar-refractivity contribution in [1.29, 1.82) is 0 Å². The molecule has 0 saturated carbocycles. The highest BCUT2D eigenvalue weighted by Crippen LogP contribution is 2.17. The minimum atomic E-state index is -0.743. The second kappa shape index (κ2) is 9.16. The molecule has 0 spiro atoms. The maximum Gasteiger partial charge on any atom is 0.319 e. The number of hydrogen-bond acceptors (Lipinski definition) is 4. The highest BCUT2D eigenvalue weighted by molar-refractivity contribution is 5.96. The number of hydrogen-bond donors (Lipinski definition) is 4. The number of nitrogens with two attached hydrogens (primary N) is 1. The van der Waals surface area contributed by atoms with Gasteiger partial charge in [0.2, 0.25) is 5.91 Å². The van der Waals surface area contributed by atoms with Crippen molar-refractivity contribution in [3.63, 3.8) is 0 Å². The molecule has 7 heteroatoms. The quantitative estimate of drug-likeness (QED) is 0.629. The monoisotopic (exact) mass is 368 g/mol. The minimum Gasteiger partial charge on any atom is -0.376 e. The summed E-state index contributed by atoms with van der Waals surface area (Å²) in [6.07, 6.45) is 2.11. The first-order valence-electron chi connectivity index (χ1n) is 9.00. The Labute approximate surface area is 158 Å². The van der Waals surface area contributed by atoms with Gasteiger partial charge in [0.25, 0.3) is 0 Å². The minimum absolute atomic E-state index is 0.0992. The molecule has 1 aliphatic rings. The summed E-state index contributed by atoms with van der Waals surface area (Å²) in [4.78, 5) is 24.2. The van der Waals surface area contributed by atoms with E-state index in [4.69, 9.17) is 10.5 Å². The van der Waals surface area contributed by atoms with E-state index >= 15 is 0 Å². The molecule has 1 aliphatic heterocycles. The molecule has 2 aromatic rings. The Morgan fingerprint density at radius 3 is 2.33 bits per heavy atom. The van der Waals surface area contributed by atoms with Crippen LogP contribution in [0.3, 0.4) is 0 Å². The average Bonchev–Trinajstić information content (AvgIpc) is 3.21. The van der Waals surface area contributed by atoms with Gasteiger partial charge in [-0.15, -0.1) is 0 Å². The summed E-state index contributed by atoms with van der Waals surface area (Å²) in [5.74, 6) is -0.295. The van der Waals surface area contributed by atoms with Gasteiger partial charge < -0.3 is 26.4 Å². The zero-order chi connectivity index (χ0) is 19.1. The van der Waals surface area contributed by atoms with Crippen molar-refractivity contribution in [1.82, 2.24) is 5.32 Å². The molecular weight excluding hydrogens is 344 g/mol.